The second-order valence-corrected chi connectivity index (χ2v) is 11.6. The summed E-state index contributed by atoms with van der Waals surface area (Å²) >= 11 is 0. The van der Waals surface area contributed by atoms with E-state index in [1.807, 2.05) is 24.4 Å². The van der Waals surface area contributed by atoms with E-state index in [1.165, 1.54) is 18.4 Å². The van der Waals surface area contributed by atoms with E-state index in [2.05, 4.69) is 25.9 Å². The number of fused-ring (bicyclic) bond motifs is 2. The number of carbonyl (C=O) groups is 1. The lowest BCUT2D eigenvalue weighted by Crippen LogP contribution is -2.35. The second-order valence-electron chi connectivity index (χ2n) is 11.6. The minimum Gasteiger partial charge on any atom is -0.480 e. The summed E-state index contributed by atoms with van der Waals surface area (Å²) in [5.74, 6) is -3.06. The number of aryl methyl sites for hydroxylation is 2. The fraction of sp³-hybridized carbons (Fsp3) is 0.567. The molecule has 0 spiro atoms. The summed E-state index contributed by atoms with van der Waals surface area (Å²) in [5.41, 5.74) is 3.57. The number of anilines is 1. The second kappa shape index (κ2) is 10.8. The number of hydrogen-bond donors (Lipinski definition) is 2. The maximum atomic E-state index is 15.2. The lowest BCUT2D eigenvalue weighted by molar-refractivity contribution is -0.143. The van der Waals surface area contributed by atoms with Gasteiger partial charge in [0.05, 0.1) is 0 Å². The number of carboxylic acids is 1. The van der Waals surface area contributed by atoms with E-state index < -0.39 is 23.9 Å². The number of aromatic nitrogens is 3. The Hall–Kier alpha value is -3.07. The third kappa shape index (κ3) is 5.78. The molecule has 0 radical (unpaired) electrons. The number of unbranched alkanes of at least 4 members (excludes halogenated alkanes) is 1. The third-order valence-corrected chi connectivity index (χ3v) is 8.65. The molecule has 39 heavy (non-hydrogen) atoms. The van der Waals surface area contributed by atoms with Crippen LogP contribution in [0.25, 0.3) is 11.0 Å². The molecule has 1 saturated heterocycles. The van der Waals surface area contributed by atoms with Crippen molar-refractivity contribution in [3.63, 3.8) is 0 Å². The van der Waals surface area contributed by atoms with Crippen LogP contribution in [0.5, 0.6) is 0 Å². The van der Waals surface area contributed by atoms with E-state index in [0.29, 0.717) is 43.7 Å². The quantitative estimate of drug-likeness (QED) is 0.306. The van der Waals surface area contributed by atoms with E-state index >= 15 is 8.78 Å². The Kier molecular flexibility index (Phi) is 7.27. The molecular formula is C30H37F2N5O2. The van der Waals surface area contributed by atoms with Crippen molar-refractivity contribution in [2.24, 2.45) is 11.8 Å². The molecule has 1 saturated carbocycles. The van der Waals surface area contributed by atoms with Crippen LogP contribution >= 0.6 is 0 Å². The van der Waals surface area contributed by atoms with Crippen molar-refractivity contribution in [2.75, 3.05) is 25.0 Å². The van der Waals surface area contributed by atoms with E-state index in [-0.39, 0.29) is 13.0 Å². The molecule has 7 nitrogen and oxygen atoms in total. The molecule has 1 unspecified atom stereocenters. The highest BCUT2D eigenvalue weighted by Crippen LogP contribution is 2.40. The molecule has 3 aromatic rings. The van der Waals surface area contributed by atoms with Crippen LogP contribution in [0.1, 0.15) is 67.8 Å². The number of likely N-dealkylation sites (tertiary alicyclic amines) is 1. The highest BCUT2D eigenvalue weighted by molar-refractivity contribution is 5.81. The van der Waals surface area contributed by atoms with Crippen molar-refractivity contribution in [1.29, 1.82) is 0 Å². The zero-order valence-corrected chi connectivity index (χ0v) is 22.3. The van der Waals surface area contributed by atoms with Crippen LogP contribution in [-0.4, -0.2) is 56.1 Å². The van der Waals surface area contributed by atoms with Crippen LogP contribution in [0.4, 0.5) is 14.6 Å². The van der Waals surface area contributed by atoms with Crippen molar-refractivity contribution in [3.05, 3.63) is 53.5 Å². The van der Waals surface area contributed by atoms with Gasteiger partial charge in [-0.2, -0.15) is 0 Å². The lowest BCUT2D eigenvalue weighted by Gasteiger charge is -2.27. The lowest BCUT2D eigenvalue weighted by atomic mass is 9.95. The molecular weight excluding hydrogens is 500 g/mol. The van der Waals surface area contributed by atoms with Crippen molar-refractivity contribution < 1.29 is 18.7 Å². The van der Waals surface area contributed by atoms with Crippen molar-refractivity contribution in [1.82, 2.24) is 19.4 Å². The van der Waals surface area contributed by atoms with Crippen LogP contribution in [0.2, 0.25) is 0 Å². The zero-order chi connectivity index (χ0) is 27.0. The monoisotopic (exact) mass is 537 g/mol. The molecule has 2 N–H and O–H groups in total. The minimum atomic E-state index is -2.83. The number of nitrogens with one attached hydrogen (secondary N) is 1. The first-order valence-electron chi connectivity index (χ1n) is 14.4. The van der Waals surface area contributed by atoms with E-state index in [0.717, 1.165) is 48.5 Å². The summed E-state index contributed by atoms with van der Waals surface area (Å²) in [7, 11) is 0. The van der Waals surface area contributed by atoms with Crippen LogP contribution in [-0.2, 0) is 24.2 Å². The van der Waals surface area contributed by atoms with Gasteiger partial charge in [-0.15, -0.1) is 0 Å². The molecule has 2 aliphatic heterocycles. The molecule has 6 rings (SSSR count). The molecule has 9 heteroatoms. The molecule has 0 amide bonds. The fourth-order valence-electron chi connectivity index (χ4n) is 6.23. The van der Waals surface area contributed by atoms with Gasteiger partial charge in [0.1, 0.15) is 17.5 Å². The Balaban J connectivity index is 1.05. The van der Waals surface area contributed by atoms with Gasteiger partial charge in [-0.25, -0.2) is 18.7 Å². The number of nitrogens with zero attached hydrogens (tertiary/aromatic N) is 4. The zero-order valence-electron chi connectivity index (χ0n) is 22.3. The number of carboxylic acid groups (broad SMARTS) is 1. The smallest absolute Gasteiger partial charge is 0.325 e. The van der Waals surface area contributed by atoms with Gasteiger partial charge >= 0.3 is 5.97 Å². The Bertz CT molecular complexity index is 1340. The van der Waals surface area contributed by atoms with Crippen molar-refractivity contribution >= 4 is 22.8 Å². The number of pyridine rings is 2. The van der Waals surface area contributed by atoms with Gasteiger partial charge in [-0.05, 0) is 93.2 Å². The molecule has 0 bridgehead atoms. The summed E-state index contributed by atoms with van der Waals surface area (Å²) in [6.07, 6.45) is 10.1. The standard InChI is InChI=1S/C30H37F2N5O2/c31-30(32,12-2-1-5-25-9-8-21-4-3-13-33-27(21)35-25)24-11-15-36(19-24)26(29(38)39)23-16-22-10-14-37(18-20-6-7-20)28(22)34-17-23/h8-10,14,16-17,20,24,26H,1-7,11-13,15,18-19H2,(H,33,35)(H,38,39)/t24-,26?/m1/s1. The molecule has 2 fully saturated rings. The average molecular weight is 538 g/mol. The molecule has 0 aromatic carbocycles. The molecule has 3 aromatic heterocycles. The van der Waals surface area contributed by atoms with Crippen LogP contribution in [0, 0.1) is 11.8 Å². The first kappa shape index (κ1) is 26.2. The predicted octanol–water partition coefficient (Wildman–Crippen LogP) is 5.70. The maximum Gasteiger partial charge on any atom is 0.325 e. The molecule has 2 atom stereocenters. The largest absolute Gasteiger partial charge is 0.480 e. The molecule has 208 valence electrons. The number of rotatable bonds is 11. The molecule has 5 heterocycles. The Morgan fingerprint density at radius 2 is 2.08 bits per heavy atom. The number of halogens is 2. The van der Waals surface area contributed by atoms with Crippen molar-refractivity contribution in [2.45, 2.75) is 76.3 Å². The number of aliphatic carboxylic acids is 1. The first-order valence-corrected chi connectivity index (χ1v) is 14.4. The Morgan fingerprint density at radius 3 is 2.90 bits per heavy atom. The minimum absolute atomic E-state index is 0.0722. The van der Waals surface area contributed by atoms with E-state index in [4.69, 9.17) is 0 Å². The van der Waals surface area contributed by atoms with Crippen LogP contribution < -0.4 is 5.32 Å². The maximum absolute atomic E-state index is 15.2. The third-order valence-electron chi connectivity index (χ3n) is 8.65. The van der Waals surface area contributed by atoms with E-state index in [9.17, 15) is 9.90 Å². The van der Waals surface area contributed by atoms with Gasteiger partial charge < -0.3 is 15.0 Å². The summed E-state index contributed by atoms with van der Waals surface area (Å²) < 4.78 is 32.6. The first-order chi connectivity index (χ1) is 18.9. The normalized spacial score (nSPS) is 20.6. The SMILES string of the molecule is O=C(O)C(c1cnc2c(ccn2CC2CC2)c1)N1CC[C@@H](C(F)(F)CCCCc2ccc3c(n2)NCCC3)C1. The summed E-state index contributed by atoms with van der Waals surface area (Å²) in [4.78, 5) is 23.2. The number of hydrogen-bond acceptors (Lipinski definition) is 5. The Morgan fingerprint density at radius 1 is 1.21 bits per heavy atom. The Labute approximate surface area is 227 Å². The van der Waals surface area contributed by atoms with Gasteiger partial charge in [-0.1, -0.05) is 6.07 Å². The van der Waals surface area contributed by atoms with Gasteiger partial charge in [0.15, 0.2) is 0 Å². The summed E-state index contributed by atoms with van der Waals surface area (Å²) in [6.45, 7) is 2.27. The van der Waals surface area contributed by atoms with Gasteiger partial charge in [0.25, 0.3) is 5.92 Å². The predicted molar refractivity (Wildman–Crippen MR) is 146 cm³/mol. The van der Waals surface area contributed by atoms with Gasteiger partial charge in [0.2, 0.25) is 0 Å². The van der Waals surface area contributed by atoms with Crippen molar-refractivity contribution in [3.8, 4) is 0 Å². The van der Waals surface area contributed by atoms with Crippen LogP contribution in [0.15, 0.2) is 36.7 Å². The fourth-order valence-corrected chi connectivity index (χ4v) is 6.23. The highest BCUT2D eigenvalue weighted by Gasteiger charge is 2.45. The summed E-state index contributed by atoms with van der Waals surface area (Å²) in [6, 6.07) is 6.96. The van der Waals surface area contributed by atoms with Crippen LogP contribution in [0.3, 0.4) is 0 Å². The highest BCUT2D eigenvalue weighted by atomic mass is 19.3. The average Bonchev–Trinajstić information content (AvgIpc) is 3.45. The molecule has 3 aliphatic rings. The molecule has 1 aliphatic carbocycles. The van der Waals surface area contributed by atoms with Gasteiger partial charge in [0, 0.05) is 55.4 Å². The number of alkyl halides is 2. The van der Waals surface area contributed by atoms with Gasteiger partial charge in [-0.3, -0.25) is 9.69 Å². The topological polar surface area (TPSA) is 83.3 Å². The van der Waals surface area contributed by atoms with E-state index in [1.54, 1.807) is 11.1 Å². The summed E-state index contributed by atoms with van der Waals surface area (Å²) in [5, 5.41) is 14.3.